The van der Waals surface area contributed by atoms with Gasteiger partial charge < -0.3 is 4.90 Å². The Morgan fingerprint density at radius 2 is 1.69 bits per heavy atom. The molecule has 3 aromatic heterocycles. The predicted octanol–water partition coefficient (Wildman–Crippen LogP) is 5.34. The highest BCUT2D eigenvalue weighted by molar-refractivity contribution is 6.51. The predicted molar refractivity (Wildman–Crippen MR) is 135 cm³/mol. The Morgan fingerprint density at radius 1 is 1.03 bits per heavy atom. The Balaban J connectivity index is 1.94. The number of aromatic nitrogens is 5. The van der Waals surface area contributed by atoms with Crippen molar-refractivity contribution >= 4 is 22.9 Å². The van der Waals surface area contributed by atoms with E-state index in [4.69, 9.17) is 0 Å². The number of aliphatic imine (C=N–C) groups is 1. The van der Waals surface area contributed by atoms with Gasteiger partial charge in [0.1, 0.15) is 22.9 Å². The number of rotatable bonds is 5. The normalized spacial score (nSPS) is 15.0. The van der Waals surface area contributed by atoms with Crippen molar-refractivity contribution in [2.45, 2.75) is 60.1 Å². The summed E-state index contributed by atoms with van der Waals surface area (Å²) in [6, 6.07) is 5.28. The van der Waals surface area contributed by atoms with E-state index in [2.05, 4.69) is 30.1 Å². The van der Waals surface area contributed by atoms with Crippen LogP contribution in [0.4, 0.5) is 24.7 Å². The zero-order valence-electron chi connectivity index (χ0n) is 21.9. The fourth-order valence-corrected chi connectivity index (χ4v) is 4.14. The number of hydrogen-bond acceptors (Lipinski definition) is 6. The Bertz CT molecular complexity index is 1350. The second kappa shape index (κ2) is 8.86. The van der Waals surface area contributed by atoms with Gasteiger partial charge in [0, 0.05) is 31.2 Å². The zero-order valence-corrected chi connectivity index (χ0v) is 21.9. The minimum absolute atomic E-state index is 0.0396. The molecular formula is C25H31F3N8. The number of aryl methyl sites for hydroxylation is 3. The van der Waals surface area contributed by atoms with Crippen molar-refractivity contribution in [3.63, 3.8) is 0 Å². The van der Waals surface area contributed by atoms with Gasteiger partial charge in [-0.15, -0.1) is 0 Å². The number of hydrogen-bond donors (Lipinski definition) is 0. The lowest BCUT2D eigenvalue weighted by Gasteiger charge is -2.20. The second-order valence-electron chi connectivity index (χ2n) is 9.84. The van der Waals surface area contributed by atoms with Crippen molar-refractivity contribution in [1.29, 1.82) is 0 Å². The SMILES string of the molecule is CCN(CC)c1ccc(N=C2C(C(F)(F)F)=Nn3c2nc(C(C)(C)C)c3-c2cc(C)n(C)n2)c(C)n1. The molecule has 11 heteroatoms. The first-order valence-corrected chi connectivity index (χ1v) is 11.9. The van der Waals surface area contributed by atoms with E-state index in [0.29, 0.717) is 28.5 Å². The van der Waals surface area contributed by atoms with E-state index in [1.165, 1.54) is 4.68 Å². The zero-order chi connectivity index (χ0) is 26.6. The van der Waals surface area contributed by atoms with Crippen LogP contribution in [0.5, 0.6) is 0 Å². The molecule has 0 saturated heterocycles. The number of alkyl halides is 3. The van der Waals surface area contributed by atoms with Crippen molar-refractivity contribution in [3.8, 4) is 11.4 Å². The molecule has 0 atom stereocenters. The van der Waals surface area contributed by atoms with Crippen molar-refractivity contribution in [2.75, 3.05) is 18.0 Å². The van der Waals surface area contributed by atoms with Crippen LogP contribution in [0.3, 0.4) is 0 Å². The molecule has 0 spiro atoms. The monoisotopic (exact) mass is 500 g/mol. The highest BCUT2D eigenvalue weighted by Gasteiger charge is 2.47. The van der Waals surface area contributed by atoms with E-state index < -0.39 is 17.3 Å². The van der Waals surface area contributed by atoms with Crippen LogP contribution in [0, 0.1) is 13.8 Å². The van der Waals surface area contributed by atoms with Crippen LogP contribution in [-0.2, 0) is 12.5 Å². The number of fused-ring (bicyclic) bond motifs is 1. The quantitative estimate of drug-likeness (QED) is 0.474. The van der Waals surface area contributed by atoms with Gasteiger partial charge in [0.05, 0.1) is 17.1 Å². The van der Waals surface area contributed by atoms with E-state index in [0.717, 1.165) is 24.6 Å². The highest BCUT2D eigenvalue weighted by atomic mass is 19.4. The van der Waals surface area contributed by atoms with Gasteiger partial charge in [-0.3, -0.25) is 4.68 Å². The summed E-state index contributed by atoms with van der Waals surface area (Å²) in [6.07, 6.45) is -4.72. The van der Waals surface area contributed by atoms with Gasteiger partial charge in [0.15, 0.2) is 11.5 Å². The van der Waals surface area contributed by atoms with Crippen molar-refractivity contribution in [3.05, 3.63) is 41.1 Å². The van der Waals surface area contributed by atoms with E-state index in [1.54, 1.807) is 30.8 Å². The van der Waals surface area contributed by atoms with Gasteiger partial charge in [-0.2, -0.15) is 23.4 Å². The molecule has 36 heavy (non-hydrogen) atoms. The van der Waals surface area contributed by atoms with E-state index >= 15 is 0 Å². The summed E-state index contributed by atoms with van der Waals surface area (Å²) in [6.45, 7) is 15.1. The topological polar surface area (TPSA) is 76.5 Å². The second-order valence-corrected chi connectivity index (χ2v) is 9.84. The molecular weight excluding hydrogens is 469 g/mol. The average molecular weight is 501 g/mol. The standard InChI is InChI=1S/C25H31F3N8/c1-9-35(10-2)18-12-11-16(15(4)29-18)30-19-21(25(26,27)28)33-36-20(17-13-14(3)34(8)32-17)22(24(5,6)7)31-23(19)36/h11-13H,9-10H2,1-8H3. The van der Waals surface area contributed by atoms with Crippen LogP contribution >= 0.6 is 0 Å². The minimum Gasteiger partial charge on any atom is -0.357 e. The number of halogens is 3. The first-order chi connectivity index (χ1) is 16.8. The maximum Gasteiger partial charge on any atom is 0.437 e. The van der Waals surface area contributed by atoms with Crippen LogP contribution in [0.15, 0.2) is 28.3 Å². The third-order valence-corrected chi connectivity index (χ3v) is 6.19. The molecule has 4 rings (SSSR count). The molecule has 0 saturated carbocycles. The lowest BCUT2D eigenvalue weighted by molar-refractivity contribution is -0.0567. The smallest absolute Gasteiger partial charge is 0.357 e. The van der Waals surface area contributed by atoms with Crippen LogP contribution in [0.2, 0.25) is 0 Å². The Labute approximate surface area is 208 Å². The Morgan fingerprint density at radius 3 is 2.19 bits per heavy atom. The Kier molecular flexibility index (Phi) is 6.30. The summed E-state index contributed by atoms with van der Waals surface area (Å²) in [4.78, 5) is 15.7. The molecule has 0 bridgehead atoms. The van der Waals surface area contributed by atoms with Crippen LogP contribution < -0.4 is 4.90 Å². The first kappa shape index (κ1) is 25.6. The molecule has 0 fully saturated rings. The molecule has 0 unspecified atom stereocenters. The van der Waals surface area contributed by atoms with E-state index in [9.17, 15) is 13.2 Å². The summed E-state index contributed by atoms with van der Waals surface area (Å²) >= 11 is 0. The summed E-state index contributed by atoms with van der Waals surface area (Å²) < 4.78 is 45.4. The van der Waals surface area contributed by atoms with Crippen LogP contribution in [0.1, 0.15) is 57.5 Å². The lowest BCUT2D eigenvalue weighted by atomic mass is 9.90. The third-order valence-electron chi connectivity index (χ3n) is 6.19. The molecule has 1 aliphatic heterocycles. The fourth-order valence-electron chi connectivity index (χ4n) is 4.14. The number of imidazole rings is 1. The maximum atomic E-state index is 14.2. The van der Waals surface area contributed by atoms with Crippen LogP contribution in [0.25, 0.3) is 11.4 Å². The summed E-state index contributed by atoms with van der Waals surface area (Å²) in [5.41, 5.74) is 1.37. The number of pyridine rings is 1. The highest BCUT2D eigenvalue weighted by Crippen LogP contribution is 2.38. The van der Waals surface area contributed by atoms with Crippen molar-refractivity contribution in [2.24, 2.45) is 17.1 Å². The number of nitrogens with zero attached hydrogens (tertiary/aromatic N) is 8. The molecule has 4 heterocycles. The van der Waals surface area contributed by atoms with E-state index in [1.807, 2.05) is 47.6 Å². The molecule has 192 valence electrons. The summed E-state index contributed by atoms with van der Waals surface area (Å²) in [7, 11) is 1.78. The molecule has 0 radical (unpaired) electrons. The van der Waals surface area contributed by atoms with Crippen molar-refractivity contribution < 1.29 is 13.2 Å². The molecule has 3 aromatic rings. The van der Waals surface area contributed by atoms with Gasteiger partial charge in [-0.05, 0) is 45.9 Å². The maximum absolute atomic E-state index is 14.2. The van der Waals surface area contributed by atoms with Crippen LogP contribution in [-0.4, -0.2) is 55.1 Å². The lowest BCUT2D eigenvalue weighted by Crippen LogP contribution is -2.29. The average Bonchev–Trinajstić information content (AvgIpc) is 3.42. The molecule has 0 aliphatic carbocycles. The number of anilines is 1. The fraction of sp³-hybridized carbons (Fsp3) is 0.480. The van der Waals surface area contributed by atoms with Gasteiger partial charge in [0.25, 0.3) is 0 Å². The van der Waals surface area contributed by atoms with Crippen molar-refractivity contribution in [1.82, 2.24) is 24.4 Å². The largest absolute Gasteiger partial charge is 0.437 e. The van der Waals surface area contributed by atoms with Gasteiger partial charge in [-0.1, -0.05) is 20.8 Å². The first-order valence-electron chi connectivity index (χ1n) is 11.9. The molecule has 0 aromatic carbocycles. The molecule has 0 amide bonds. The van der Waals surface area contributed by atoms with Gasteiger partial charge in [-0.25, -0.2) is 19.6 Å². The molecule has 1 aliphatic rings. The summed E-state index contributed by atoms with van der Waals surface area (Å²) in [5.74, 6) is 0.791. The molecule has 8 nitrogen and oxygen atoms in total. The van der Waals surface area contributed by atoms with Gasteiger partial charge >= 0.3 is 6.18 Å². The minimum atomic E-state index is -4.72. The van der Waals surface area contributed by atoms with Gasteiger partial charge in [0.2, 0.25) is 0 Å². The molecule has 0 N–H and O–H groups in total. The summed E-state index contributed by atoms with van der Waals surface area (Å²) in [5, 5.41) is 8.50. The third kappa shape index (κ3) is 4.42. The van der Waals surface area contributed by atoms with E-state index in [-0.39, 0.29) is 11.5 Å². The Hall–Kier alpha value is -3.50.